The molecule has 1 fully saturated rings. The highest BCUT2D eigenvalue weighted by Crippen LogP contribution is 2.42. The molecule has 2 unspecified atom stereocenters. The van der Waals surface area contributed by atoms with Gasteiger partial charge >= 0.3 is 0 Å². The van der Waals surface area contributed by atoms with Crippen LogP contribution in [0.1, 0.15) is 37.9 Å². The molecule has 0 aromatic carbocycles. The lowest BCUT2D eigenvalue weighted by molar-refractivity contribution is -0.0979. The zero-order chi connectivity index (χ0) is 12.5. The third-order valence-corrected chi connectivity index (χ3v) is 4.94. The van der Waals surface area contributed by atoms with Gasteiger partial charge in [0.1, 0.15) is 0 Å². The summed E-state index contributed by atoms with van der Waals surface area (Å²) in [5.74, 6) is 0. The molecule has 0 aliphatic heterocycles. The number of hydrogen-bond donors (Lipinski definition) is 1. The summed E-state index contributed by atoms with van der Waals surface area (Å²) in [5.41, 5.74) is 1.40. The number of hydrogen-bond acceptors (Lipinski definition) is 4. The minimum absolute atomic E-state index is 0.234. The van der Waals surface area contributed by atoms with Crippen molar-refractivity contribution in [3.8, 4) is 0 Å². The van der Waals surface area contributed by atoms with Crippen molar-refractivity contribution in [2.24, 2.45) is 5.41 Å². The SMILES string of the molecule is CCc1nc(CNC2CC(OC)C2(C)C)cs1. The number of aromatic nitrogens is 1. The maximum atomic E-state index is 5.45. The van der Waals surface area contributed by atoms with Crippen LogP contribution in [0.5, 0.6) is 0 Å². The molecule has 2 rings (SSSR count). The molecule has 0 saturated heterocycles. The summed E-state index contributed by atoms with van der Waals surface area (Å²) in [5, 5.41) is 6.98. The summed E-state index contributed by atoms with van der Waals surface area (Å²) >= 11 is 1.76. The molecule has 1 aliphatic rings. The van der Waals surface area contributed by atoms with Gasteiger partial charge in [-0.2, -0.15) is 0 Å². The van der Waals surface area contributed by atoms with Crippen molar-refractivity contribution >= 4 is 11.3 Å². The lowest BCUT2D eigenvalue weighted by Gasteiger charge is -2.51. The number of aryl methyl sites for hydroxylation is 1. The van der Waals surface area contributed by atoms with Gasteiger partial charge in [0.15, 0.2) is 0 Å². The molecule has 0 spiro atoms. The van der Waals surface area contributed by atoms with E-state index in [1.54, 1.807) is 18.4 Å². The van der Waals surface area contributed by atoms with Crippen LogP contribution >= 0.6 is 11.3 Å². The number of nitrogens with zero attached hydrogens (tertiary/aromatic N) is 1. The molecule has 1 aromatic heterocycles. The van der Waals surface area contributed by atoms with Gasteiger partial charge in [-0.25, -0.2) is 4.98 Å². The van der Waals surface area contributed by atoms with Gasteiger partial charge < -0.3 is 10.1 Å². The first-order chi connectivity index (χ1) is 8.07. The molecule has 0 radical (unpaired) electrons. The first-order valence-electron chi connectivity index (χ1n) is 6.27. The second-order valence-corrected chi connectivity index (χ2v) is 6.24. The first kappa shape index (κ1) is 13.0. The Kier molecular flexibility index (Phi) is 3.85. The zero-order valence-corrected chi connectivity index (χ0v) is 11.9. The summed E-state index contributed by atoms with van der Waals surface area (Å²) in [6.45, 7) is 7.55. The molecular weight excluding hydrogens is 232 g/mol. The molecule has 0 bridgehead atoms. The summed E-state index contributed by atoms with van der Waals surface area (Å²) in [6.07, 6.45) is 2.53. The predicted octanol–water partition coefficient (Wildman–Crippen LogP) is 2.61. The Labute approximate surface area is 108 Å². The van der Waals surface area contributed by atoms with E-state index >= 15 is 0 Å². The molecule has 2 atom stereocenters. The fraction of sp³-hybridized carbons (Fsp3) is 0.769. The summed E-state index contributed by atoms with van der Waals surface area (Å²) in [4.78, 5) is 4.57. The molecule has 1 aromatic rings. The van der Waals surface area contributed by atoms with Crippen LogP contribution in [0.3, 0.4) is 0 Å². The van der Waals surface area contributed by atoms with Gasteiger partial charge in [-0.1, -0.05) is 20.8 Å². The average molecular weight is 254 g/mol. The fourth-order valence-electron chi connectivity index (χ4n) is 2.45. The summed E-state index contributed by atoms with van der Waals surface area (Å²) in [6, 6.07) is 0.541. The normalized spacial score (nSPS) is 26.8. The summed E-state index contributed by atoms with van der Waals surface area (Å²) < 4.78 is 5.45. The molecule has 0 amide bonds. The molecule has 1 heterocycles. The third kappa shape index (κ3) is 2.54. The minimum atomic E-state index is 0.234. The van der Waals surface area contributed by atoms with Crippen molar-refractivity contribution in [3.05, 3.63) is 16.1 Å². The topological polar surface area (TPSA) is 34.2 Å². The van der Waals surface area contributed by atoms with Crippen molar-refractivity contribution in [1.82, 2.24) is 10.3 Å². The first-order valence-corrected chi connectivity index (χ1v) is 7.15. The van der Waals surface area contributed by atoms with Crippen LogP contribution in [-0.2, 0) is 17.7 Å². The van der Waals surface area contributed by atoms with Crippen molar-refractivity contribution in [2.75, 3.05) is 7.11 Å². The van der Waals surface area contributed by atoms with E-state index in [-0.39, 0.29) is 5.41 Å². The van der Waals surface area contributed by atoms with Crippen LogP contribution in [0.15, 0.2) is 5.38 Å². The van der Waals surface area contributed by atoms with Crippen LogP contribution in [0, 0.1) is 5.41 Å². The Balaban J connectivity index is 1.83. The van der Waals surface area contributed by atoms with E-state index in [1.807, 2.05) is 0 Å². The van der Waals surface area contributed by atoms with E-state index in [2.05, 4.69) is 36.5 Å². The second kappa shape index (κ2) is 5.04. The highest BCUT2D eigenvalue weighted by molar-refractivity contribution is 7.09. The van der Waals surface area contributed by atoms with E-state index in [0.717, 1.165) is 19.4 Å². The third-order valence-electron chi connectivity index (χ3n) is 3.89. The van der Waals surface area contributed by atoms with Gasteiger partial charge in [0, 0.05) is 30.5 Å². The van der Waals surface area contributed by atoms with E-state index < -0.39 is 0 Å². The smallest absolute Gasteiger partial charge is 0.0926 e. The Bertz CT molecular complexity index is 375. The van der Waals surface area contributed by atoms with Crippen LogP contribution in [0.4, 0.5) is 0 Å². The Hall–Kier alpha value is -0.450. The standard InChI is InChI=1S/C13H22N2OS/c1-5-12-15-9(8-17-12)7-14-10-6-11(16-4)13(10,2)3/h8,10-11,14H,5-7H2,1-4H3. The van der Waals surface area contributed by atoms with Crippen molar-refractivity contribution in [2.45, 2.75) is 52.3 Å². The highest BCUT2D eigenvalue weighted by atomic mass is 32.1. The van der Waals surface area contributed by atoms with Crippen LogP contribution in [0.2, 0.25) is 0 Å². The van der Waals surface area contributed by atoms with Gasteiger partial charge in [0.25, 0.3) is 0 Å². The van der Waals surface area contributed by atoms with Gasteiger partial charge in [-0.3, -0.25) is 0 Å². The molecule has 96 valence electrons. The molecule has 3 nitrogen and oxygen atoms in total. The van der Waals surface area contributed by atoms with Crippen LogP contribution in [0.25, 0.3) is 0 Å². The average Bonchev–Trinajstić information content (AvgIpc) is 2.76. The fourth-order valence-corrected chi connectivity index (χ4v) is 3.20. The monoisotopic (exact) mass is 254 g/mol. The van der Waals surface area contributed by atoms with Crippen LogP contribution < -0.4 is 5.32 Å². The molecule has 1 saturated carbocycles. The van der Waals surface area contributed by atoms with E-state index in [4.69, 9.17) is 4.74 Å². The highest BCUT2D eigenvalue weighted by Gasteiger charge is 2.48. The molecule has 4 heteroatoms. The number of thiazole rings is 1. The van der Waals surface area contributed by atoms with E-state index in [0.29, 0.717) is 12.1 Å². The lowest BCUT2D eigenvalue weighted by atomic mass is 9.64. The Morgan fingerprint density at radius 3 is 2.88 bits per heavy atom. The maximum absolute atomic E-state index is 5.45. The van der Waals surface area contributed by atoms with Gasteiger partial charge in [0.2, 0.25) is 0 Å². The predicted molar refractivity (Wildman–Crippen MR) is 71.3 cm³/mol. The molecule has 17 heavy (non-hydrogen) atoms. The van der Waals surface area contributed by atoms with E-state index in [9.17, 15) is 0 Å². The Morgan fingerprint density at radius 2 is 2.35 bits per heavy atom. The molecular formula is C13H22N2OS. The van der Waals surface area contributed by atoms with E-state index in [1.165, 1.54) is 10.7 Å². The van der Waals surface area contributed by atoms with Gasteiger partial charge in [-0.05, 0) is 12.8 Å². The number of methoxy groups -OCH3 is 1. The van der Waals surface area contributed by atoms with Crippen molar-refractivity contribution < 1.29 is 4.74 Å². The minimum Gasteiger partial charge on any atom is -0.381 e. The Morgan fingerprint density at radius 1 is 1.59 bits per heavy atom. The number of ether oxygens (including phenoxy) is 1. The van der Waals surface area contributed by atoms with Gasteiger partial charge in [0.05, 0.1) is 16.8 Å². The largest absolute Gasteiger partial charge is 0.381 e. The van der Waals surface area contributed by atoms with Crippen molar-refractivity contribution in [3.63, 3.8) is 0 Å². The van der Waals surface area contributed by atoms with Crippen LogP contribution in [-0.4, -0.2) is 24.2 Å². The number of nitrogens with one attached hydrogen (secondary N) is 1. The molecule has 1 aliphatic carbocycles. The van der Waals surface area contributed by atoms with Gasteiger partial charge in [-0.15, -0.1) is 11.3 Å². The van der Waals surface area contributed by atoms with Crippen molar-refractivity contribution in [1.29, 1.82) is 0 Å². The molecule has 1 N–H and O–H groups in total. The maximum Gasteiger partial charge on any atom is 0.0926 e. The lowest BCUT2D eigenvalue weighted by Crippen LogP contribution is -2.60. The summed E-state index contributed by atoms with van der Waals surface area (Å²) in [7, 11) is 1.80. The zero-order valence-electron chi connectivity index (χ0n) is 11.1. The number of rotatable bonds is 5. The second-order valence-electron chi connectivity index (χ2n) is 5.30. The quantitative estimate of drug-likeness (QED) is 0.877.